The predicted octanol–water partition coefficient (Wildman–Crippen LogP) is 2.51. The van der Waals surface area contributed by atoms with Gasteiger partial charge >= 0.3 is 0 Å². The van der Waals surface area contributed by atoms with E-state index < -0.39 is 5.54 Å². The molecule has 0 amide bonds. The van der Waals surface area contributed by atoms with E-state index in [1.165, 1.54) is 11.1 Å². The van der Waals surface area contributed by atoms with Crippen LogP contribution in [0.2, 0.25) is 0 Å². The highest BCUT2D eigenvalue weighted by Gasteiger charge is 2.25. The molecule has 0 aliphatic carbocycles. The van der Waals surface area contributed by atoms with Gasteiger partial charge in [0.25, 0.3) is 0 Å². The molecule has 0 fully saturated rings. The van der Waals surface area contributed by atoms with Gasteiger partial charge in [0.1, 0.15) is 5.75 Å². The first-order valence-corrected chi connectivity index (χ1v) is 7.06. The quantitative estimate of drug-likeness (QED) is 0.855. The Kier molecular flexibility index (Phi) is 4.25. The van der Waals surface area contributed by atoms with Crippen molar-refractivity contribution in [3.05, 3.63) is 29.3 Å². The Morgan fingerprint density at radius 1 is 1.42 bits per heavy atom. The van der Waals surface area contributed by atoms with Crippen LogP contribution >= 0.6 is 0 Å². The van der Waals surface area contributed by atoms with E-state index in [1.807, 2.05) is 26.8 Å². The second-order valence-corrected chi connectivity index (χ2v) is 5.62. The molecule has 2 rings (SSSR count). The van der Waals surface area contributed by atoms with Crippen LogP contribution in [-0.2, 0) is 17.6 Å². The van der Waals surface area contributed by atoms with E-state index in [0.717, 1.165) is 31.7 Å². The summed E-state index contributed by atoms with van der Waals surface area (Å²) in [5, 5.41) is 3.23. The zero-order valence-electron chi connectivity index (χ0n) is 12.1. The molecule has 1 aromatic carbocycles. The summed E-state index contributed by atoms with van der Waals surface area (Å²) in [7, 11) is 0. The van der Waals surface area contributed by atoms with Crippen LogP contribution in [0.25, 0.3) is 0 Å². The van der Waals surface area contributed by atoms with Crippen LogP contribution in [-0.4, -0.2) is 24.5 Å². The Balaban J connectivity index is 1.94. The standard InChI is InChI=1S/C16H23NO2/c1-4-17-16(2,3)15(18)8-6-12-5-7-14-13(11-12)9-10-19-14/h5,7,11,17H,4,6,8-10H2,1-3H3. The zero-order valence-corrected chi connectivity index (χ0v) is 12.1. The maximum absolute atomic E-state index is 12.2. The van der Waals surface area contributed by atoms with E-state index in [-0.39, 0.29) is 5.78 Å². The van der Waals surface area contributed by atoms with Crippen molar-refractivity contribution in [3.8, 4) is 5.75 Å². The van der Waals surface area contributed by atoms with Crippen molar-refractivity contribution < 1.29 is 9.53 Å². The largest absolute Gasteiger partial charge is 0.493 e. The lowest BCUT2D eigenvalue weighted by atomic mass is 9.93. The van der Waals surface area contributed by atoms with Gasteiger partial charge in [-0.2, -0.15) is 0 Å². The lowest BCUT2D eigenvalue weighted by Gasteiger charge is -2.24. The highest BCUT2D eigenvalue weighted by Crippen LogP contribution is 2.26. The number of Topliss-reactive ketones (excluding diaryl/α,β-unsaturated/α-hetero) is 1. The van der Waals surface area contributed by atoms with Crippen LogP contribution in [0.4, 0.5) is 0 Å². The fraction of sp³-hybridized carbons (Fsp3) is 0.562. The molecule has 1 aromatic rings. The van der Waals surface area contributed by atoms with Gasteiger partial charge in [-0.15, -0.1) is 0 Å². The summed E-state index contributed by atoms with van der Waals surface area (Å²) in [5.41, 5.74) is 2.08. The molecule has 3 heteroatoms. The molecule has 0 saturated carbocycles. The van der Waals surface area contributed by atoms with Crippen molar-refractivity contribution in [3.63, 3.8) is 0 Å². The number of fused-ring (bicyclic) bond motifs is 1. The second kappa shape index (κ2) is 5.74. The average molecular weight is 261 g/mol. The molecule has 104 valence electrons. The number of hydrogen-bond donors (Lipinski definition) is 1. The van der Waals surface area contributed by atoms with Crippen LogP contribution in [0.5, 0.6) is 5.75 Å². The summed E-state index contributed by atoms with van der Waals surface area (Å²) < 4.78 is 5.49. The summed E-state index contributed by atoms with van der Waals surface area (Å²) in [6.07, 6.45) is 2.38. The minimum Gasteiger partial charge on any atom is -0.493 e. The van der Waals surface area contributed by atoms with Crippen LogP contribution < -0.4 is 10.1 Å². The van der Waals surface area contributed by atoms with Crippen LogP contribution in [0.1, 0.15) is 38.3 Å². The van der Waals surface area contributed by atoms with Crippen molar-refractivity contribution in [1.82, 2.24) is 5.32 Å². The number of carbonyl (C=O) groups excluding carboxylic acids is 1. The number of hydrogen-bond acceptors (Lipinski definition) is 3. The van der Waals surface area contributed by atoms with E-state index in [0.29, 0.717) is 6.42 Å². The normalized spacial score (nSPS) is 14.1. The molecule has 1 aliphatic heterocycles. The highest BCUT2D eigenvalue weighted by molar-refractivity contribution is 5.87. The molecule has 0 atom stereocenters. The SMILES string of the molecule is CCNC(C)(C)C(=O)CCc1ccc2c(c1)CCO2. The van der Waals surface area contributed by atoms with E-state index in [9.17, 15) is 4.79 Å². The van der Waals surface area contributed by atoms with Crippen LogP contribution in [0.15, 0.2) is 18.2 Å². The van der Waals surface area contributed by atoms with E-state index in [4.69, 9.17) is 4.74 Å². The number of ether oxygens (including phenoxy) is 1. The Bertz CT molecular complexity index is 466. The fourth-order valence-corrected chi connectivity index (χ4v) is 2.51. The Hall–Kier alpha value is -1.35. The Morgan fingerprint density at radius 3 is 2.95 bits per heavy atom. The number of benzene rings is 1. The maximum Gasteiger partial charge on any atom is 0.152 e. The Labute approximate surface area is 115 Å². The molecule has 0 unspecified atom stereocenters. The van der Waals surface area contributed by atoms with Crippen molar-refractivity contribution in [1.29, 1.82) is 0 Å². The number of ketones is 1. The maximum atomic E-state index is 12.2. The van der Waals surface area contributed by atoms with Crippen LogP contribution in [0.3, 0.4) is 0 Å². The number of likely N-dealkylation sites (N-methyl/N-ethyl adjacent to an activating group) is 1. The molecule has 1 heterocycles. The minimum absolute atomic E-state index is 0.270. The second-order valence-electron chi connectivity index (χ2n) is 5.62. The van der Waals surface area contributed by atoms with Crippen molar-refractivity contribution >= 4 is 5.78 Å². The summed E-state index contributed by atoms with van der Waals surface area (Å²) in [4.78, 5) is 12.2. The molecule has 0 spiro atoms. The van der Waals surface area contributed by atoms with Crippen molar-refractivity contribution in [2.75, 3.05) is 13.2 Å². The molecular formula is C16H23NO2. The molecule has 0 aromatic heterocycles. The molecular weight excluding hydrogens is 238 g/mol. The molecule has 1 aliphatic rings. The van der Waals surface area contributed by atoms with Gasteiger partial charge in [0, 0.05) is 12.8 Å². The van der Waals surface area contributed by atoms with Gasteiger partial charge in [0.15, 0.2) is 5.78 Å². The van der Waals surface area contributed by atoms with Gasteiger partial charge in [0.2, 0.25) is 0 Å². The van der Waals surface area contributed by atoms with Gasteiger partial charge in [-0.05, 0) is 44.0 Å². The highest BCUT2D eigenvalue weighted by atomic mass is 16.5. The minimum atomic E-state index is -0.422. The predicted molar refractivity (Wildman–Crippen MR) is 76.7 cm³/mol. The number of aryl methyl sites for hydroxylation is 1. The number of nitrogens with one attached hydrogen (secondary N) is 1. The van der Waals surface area contributed by atoms with Gasteiger partial charge in [-0.1, -0.05) is 19.1 Å². The number of rotatable bonds is 6. The summed E-state index contributed by atoms with van der Waals surface area (Å²) in [5.74, 6) is 1.27. The first-order valence-electron chi connectivity index (χ1n) is 7.06. The molecule has 3 nitrogen and oxygen atoms in total. The zero-order chi connectivity index (χ0) is 13.9. The smallest absolute Gasteiger partial charge is 0.152 e. The summed E-state index contributed by atoms with van der Waals surface area (Å²) in [6, 6.07) is 6.27. The molecule has 19 heavy (non-hydrogen) atoms. The molecule has 0 saturated heterocycles. The lowest BCUT2D eigenvalue weighted by molar-refractivity contribution is -0.124. The molecule has 1 N–H and O–H groups in total. The summed E-state index contributed by atoms with van der Waals surface area (Å²) in [6.45, 7) is 7.53. The fourth-order valence-electron chi connectivity index (χ4n) is 2.51. The topological polar surface area (TPSA) is 38.3 Å². The molecule has 0 radical (unpaired) electrons. The third-order valence-electron chi connectivity index (χ3n) is 3.71. The van der Waals surface area contributed by atoms with Gasteiger partial charge in [-0.3, -0.25) is 4.79 Å². The van der Waals surface area contributed by atoms with E-state index >= 15 is 0 Å². The first kappa shape index (κ1) is 14.1. The third kappa shape index (κ3) is 3.35. The Morgan fingerprint density at radius 2 is 2.21 bits per heavy atom. The number of carbonyl (C=O) groups is 1. The van der Waals surface area contributed by atoms with Gasteiger partial charge in [-0.25, -0.2) is 0 Å². The van der Waals surface area contributed by atoms with Gasteiger partial charge < -0.3 is 10.1 Å². The summed E-state index contributed by atoms with van der Waals surface area (Å²) >= 11 is 0. The lowest BCUT2D eigenvalue weighted by Crippen LogP contribution is -2.46. The van der Waals surface area contributed by atoms with Gasteiger partial charge in [0.05, 0.1) is 12.1 Å². The van der Waals surface area contributed by atoms with Crippen LogP contribution in [0, 0.1) is 0 Å². The average Bonchev–Trinajstić information content (AvgIpc) is 2.83. The third-order valence-corrected chi connectivity index (χ3v) is 3.71. The monoisotopic (exact) mass is 261 g/mol. The van der Waals surface area contributed by atoms with Crippen molar-refractivity contribution in [2.45, 2.75) is 45.6 Å². The molecule has 0 bridgehead atoms. The van der Waals surface area contributed by atoms with Crippen molar-refractivity contribution in [2.24, 2.45) is 0 Å². The van der Waals surface area contributed by atoms with E-state index in [2.05, 4.69) is 17.4 Å². The first-order chi connectivity index (χ1) is 9.03. The van der Waals surface area contributed by atoms with E-state index in [1.54, 1.807) is 0 Å².